The van der Waals surface area contributed by atoms with Crippen LogP contribution in [0.2, 0.25) is 0 Å². The Kier molecular flexibility index (Phi) is 6.27. The molecule has 1 aliphatic carbocycles. The van der Waals surface area contributed by atoms with Crippen LogP contribution in [-0.2, 0) is 14.3 Å². The third-order valence-corrected chi connectivity index (χ3v) is 3.73. The highest BCUT2D eigenvalue weighted by Crippen LogP contribution is 2.30. The van der Waals surface area contributed by atoms with E-state index >= 15 is 0 Å². The fourth-order valence-corrected chi connectivity index (χ4v) is 2.95. The smallest absolute Gasteiger partial charge is 0.309 e. The summed E-state index contributed by atoms with van der Waals surface area (Å²) in [7, 11) is 3.62. The first-order chi connectivity index (χ1) is 8.87. The number of methoxy groups -OCH3 is 1. The number of carbonyl (C=O) groups is 1. The first kappa shape index (κ1) is 16.4. The van der Waals surface area contributed by atoms with E-state index in [1.807, 2.05) is 27.8 Å². The van der Waals surface area contributed by atoms with Gasteiger partial charge in [-0.15, -0.1) is 0 Å². The van der Waals surface area contributed by atoms with Crippen molar-refractivity contribution in [2.75, 3.05) is 14.2 Å². The molecule has 19 heavy (non-hydrogen) atoms. The van der Waals surface area contributed by atoms with Gasteiger partial charge in [-0.1, -0.05) is 12.8 Å². The van der Waals surface area contributed by atoms with Crippen molar-refractivity contribution in [3.63, 3.8) is 0 Å². The molecule has 0 bridgehead atoms. The van der Waals surface area contributed by atoms with Gasteiger partial charge in [-0.3, -0.25) is 4.79 Å². The Morgan fingerprint density at radius 1 is 1.32 bits per heavy atom. The maximum Gasteiger partial charge on any atom is 0.309 e. The van der Waals surface area contributed by atoms with Crippen LogP contribution < -0.4 is 5.32 Å². The monoisotopic (exact) mass is 271 g/mol. The maximum atomic E-state index is 11.9. The lowest BCUT2D eigenvalue weighted by Gasteiger charge is -2.31. The SMILES string of the molecule is CN[C@@H](C1CCCC1)[C@@H](CC(=O)OC(C)(C)C)OC. The summed E-state index contributed by atoms with van der Waals surface area (Å²) in [5, 5.41) is 3.33. The van der Waals surface area contributed by atoms with Crippen LogP contribution in [0.3, 0.4) is 0 Å². The Morgan fingerprint density at radius 3 is 2.32 bits per heavy atom. The molecule has 1 aliphatic rings. The molecular formula is C15H29NO3. The van der Waals surface area contributed by atoms with Gasteiger partial charge in [-0.25, -0.2) is 0 Å². The molecule has 0 aromatic rings. The quantitative estimate of drug-likeness (QED) is 0.754. The van der Waals surface area contributed by atoms with Crippen molar-refractivity contribution < 1.29 is 14.3 Å². The molecule has 1 N–H and O–H groups in total. The number of carbonyl (C=O) groups excluding carboxylic acids is 1. The normalized spacial score (nSPS) is 20.3. The van der Waals surface area contributed by atoms with Gasteiger partial charge in [-0.05, 0) is 46.6 Å². The zero-order valence-corrected chi connectivity index (χ0v) is 13.0. The highest BCUT2D eigenvalue weighted by Gasteiger charge is 2.32. The molecule has 0 spiro atoms. The van der Waals surface area contributed by atoms with Crippen LogP contribution in [0.25, 0.3) is 0 Å². The Hall–Kier alpha value is -0.610. The third kappa shape index (κ3) is 5.49. The van der Waals surface area contributed by atoms with Crippen LogP contribution >= 0.6 is 0 Å². The number of ether oxygens (including phenoxy) is 2. The second kappa shape index (κ2) is 7.25. The molecule has 0 aromatic heterocycles. The fraction of sp³-hybridized carbons (Fsp3) is 0.933. The first-order valence-electron chi connectivity index (χ1n) is 7.29. The van der Waals surface area contributed by atoms with E-state index in [1.165, 1.54) is 25.7 Å². The molecule has 2 atom stereocenters. The zero-order chi connectivity index (χ0) is 14.5. The largest absolute Gasteiger partial charge is 0.460 e. The molecule has 4 nitrogen and oxygen atoms in total. The first-order valence-corrected chi connectivity index (χ1v) is 7.29. The summed E-state index contributed by atoms with van der Waals surface area (Å²) in [6, 6.07) is 0.236. The van der Waals surface area contributed by atoms with E-state index in [9.17, 15) is 4.79 Å². The van der Waals surface area contributed by atoms with Gasteiger partial charge < -0.3 is 14.8 Å². The minimum absolute atomic E-state index is 0.108. The Balaban J connectivity index is 2.57. The number of esters is 1. The minimum Gasteiger partial charge on any atom is -0.460 e. The van der Waals surface area contributed by atoms with Gasteiger partial charge in [0.2, 0.25) is 0 Å². The van der Waals surface area contributed by atoms with E-state index in [1.54, 1.807) is 7.11 Å². The van der Waals surface area contributed by atoms with Gasteiger partial charge in [0.05, 0.1) is 12.5 Å². The summed E-state index contributed by atoms with van der Waals surface area (Å²) in [6.45, 7) is 5.66. The van der Waals surface area contributed by atoms with Crippen LogP contribution in [0.15, 0.2) is 0 Å². The minimum atomic E-state index is -0.433. The summed E-state index contributed by atoms with van der Waals surface area (Å²) in [5.41, 5.74) is -0.433. The van der Waals surface area contributed by atoms with Gasteiger partial charge >= 0.3 is 5.97 Å². The van der Waals surface area contributed by atoms with Gasteiger partial charge in [0.1, 0.15) is 5.60 Å². The Morgan fingerprint density at radius 2 is 1.89 bits per heavy atom. The van der Waals surface area contributed by atoms with Crippen molar-refractivity contribution in [2.45, 2.75) is 70.6 Å². The van der Waals surface area contributed by atoms with E-state index in [-0.39, 0.29) is 18.1 Å². The standard InChI is InChI=1S/C15H29NO3/c1-15(2,3)19-13(17)10-12(18-5)14(16-4)11-8-6-7-9-11/h11-12,14,16H,6-10H2,1-5H3/t12-,14+/m1/s1. The number of hydrogen-bond donors (Lipinski definition) is 1. The molecule has 0 amide bonds. The maximum absolute atomic E-state index is 11.9. The number of nitrogens with one attached hydrogen (secondary N) is 1. The van der Waals surface area contributed by atoms with Gasteiger partial charge in [0.15, 0.2) is 0 Å². The van der Waals surface area contributed by atoms with Crippen molar-refractivity contribution in [1.82, 2.24) is 5.32 Å². The predicted molar refractivity (Wildman–Crippen MR) is 76.1 cm³/mol. The number of rotatable bonds is 6. The molecule has 1 fully saturated rings. The highest BCUT2D eigenvalue weighted by molar-refractivity contribution is 5.70. The molecule has 0 heterocycles. The lowest BCUT2D eigenvalue weighted by molar-refractivity contribution is -0.158. The summed E-state index contributed by atoms with van der Waals surface area (Å²) in [6.07, 6.45) is 5.22. The van der Waals surface area contributed by atoms with Crippen molar-refractivity contribution in [3.05, 3.63) is 0 Å². The van der Waals surface area contributed by atoms with Gasteiger partial charge in [0, 0.05) is 13.2 Å². The summed E-state index contributed by atoms with van der Waals surface area (Å²) in [5.74, 6) is 0.426. The Bertz CT molecular complexity index is 280. The van der Waals surface area contributed by atoms with E-state index in [2.05, 4.69) is 5.32 Å². The molecular weight excluding hydrogens is 242 g/mol. The molecule has 0 unspecified atom stereocenters. The number of likely N-dealkylation sites (N-methyl/N-ethyl adjacent to an activating group) is 1. The summed E-state index contributed by atoms with van der Waals surface area (Å²) in [4.78, 5) is 11.9. The average molecular weight is 271 g/mol. The van der Waals surface area contributed by atoms with E-state index in [0.29, 0.717) is 12.3 Å². The molecule has 1 rings (SSSR count). The average Bonchev–Trinajstić information content (AvgIpc) is 2.79. The van der Waals surface area contributed by atoms with Crippen LogP contribution in [-0.4, -0.2) is 37.9 Å². The molecule has 0 saturated heterocycles. The van der Waals surface area contributed by atoms with Crippen molar-refractivity contribution in [2.24, 2.45) is 5.92 Å². The topological polar surface area (TPSA) is 47.6 Å². The van der Waals surface area contributed by atoms with E-state index in [4.69, 9.17) is 9.47 Å². The van der Waals surface area contributed by atoms with E-state index < -0.39 is 5.60 Å². The fourth-order valence-electron chi connectivity index (χ4n) is 2.95. The summed E-state index contributed by atoms with van der Waals surface area (Å²) < 4.78 is 10.9. The second-order valence-electron chi connectivity index (χ2n) is 6.42. The van der Waals surface area contributed by atoms with Gasteiger partial charge in [-0.2, -0.15) is 0 Å². The Labute approximate surface area is 117 Å². The lowest BCUT2D eigenvalue weighted by atomic mass is 9.92. The van der Waals surface area contributed by atoms with Crippen LogP contribution in [0.4, 0.5) is 0 Å². The molecule has 112 valence electrons. The lowest BCUT2D eigenvalue weighted by Crippen LogP contribution is -2.45. The van der Waals surface area contributed by atoms with Crippen LogP contribution in [0.5, 0.6) is 0 Å². The zero-order valence-electron chi connectivity index (χ0n) is 13.0. The molecule has 0 radical (unpaired) electrons. The molecule has 1 saturated carbocycles. The molecule has 0 aromatic carbocycles. The molecule has 4 heteroatoms. The number of hydrogen-bond acceptors (Lipinski definition) is 4. The second-order valence-corrected chi connectivity index (χ2v) is 6.42. The van der Waals surface area contributed by atoms with E-state index in [0.717, 1.165) is 0 Å². The van der Waals surface area contributed by atoms with Crippen molar-refractivity contribution in [3.8, 4) is 0 Å². The van der Waals surface area contributed by atoms with Crippen molar-refractivity contribution >= 4 is 5.97 Å². The van der Waals surface area contributed by atoms with Gasteiger partial charge in [0.25, 0.3) is 0 Å². The van der Waals surface area contributed by atoms with Crippen LogP contribution in [0, 0.1) is 5.92 Å². The van der Waals surface area contributed by atoms with Crippen LogP contribution in [0.1, 0.15) is 52.9 Å². The predicted octanol–water partition coefficient (Wildman–Crippen LogP) is 2.51. The van der Waals surface area contributed by atoms with Crippen molar-refractivity contribution in [1.29, 1.82) is 0 Å². The summed E-state index contributed by atoms with van der Waals surface area (Å²) >= 11 is 0. The third-order valence-electron chi connectivity index (χ3n) is 3.73. The highest BCUT2D eigenvalue weighted by atomic mass is 16.6. The molecule has 0 aliphatic heterocycles.